The molecular formula is C22H28N6O3. The highest BCUT2D eigenvalue weighted by molar-refractivity contribution is 5.93. The lowest BCUT2D eigenvalue weighted by Gasteiger charge is -2.21. The van der Waals surface area contributed by atoms with E-state index in [1.165, 1.54) is 11.6 Å². The Kier molecular flexibility index (Phi) is 5.97. The average molecular weight is 425 g/mol. The molecule has 2 amide bonds. The molecule has 0 radical (unpaired) electrons. The Morgan fingerprint density at radius 1 is 1.13 bits per heavy atom. The first kappa shape index (κ1) is 22.2. The largest absolute Gasteiger partial charge is 0.326 e. The van der Waals surface area contributed by atoms with E-state index < -0.39 is 11.4 Å². The van der Waals surface area contributed by atoms with E-state index >= 15 is 0 Å². The number of nitrogens with one attached hydrogen (secondary N) is 2. The summed E-state index contributed by atoms with van der Waals surface area (Å²) in [5.74, 6) is -0.556. The van der Waals surface area contributed by atoms with Gasteiger partial charge < -0.3 is 10.6 Å². The number of benzene rings is 1. The molecule has 0 aliphatic carbocycles. The van der Waals surface area contributed by atoms with Crippen molar-refractivity contribution in [2.24, 2.45) is 0 Å². The number of aromatic nitrogens is 4. The predicted octanol–water partition coefficient (Wildman–Crippen LogP) is 3.07. The molecule has 9 heteroatoms. The van der Waals surface area contributed by atoms with Crippen molar-refractivity contribution in [2.45, 2.75) is 59.5 Å². The SMILES string of the molecule is CC(=O)Nc1cccc(NC(=O)Cn2nc(C(C)C)c3cnn(C(C)(C)C)c3c2=O)c1. The number of rotatable bonds is 5. The molecule has 0 spiro atoms. The average Bonchev–Trinajstić information content (AvgIpc) is 3.09. The third-order valence-electron chi connectivity index (χ3n) is 4.65. The minimum Gasteiger partial charge on any atom is -0.326 e. The summed E-state index contributed by atoms with van der Waals surface area (Å²) in [7, 11) is 0. The molecule has 0 aliphatic rings. The second-order valence-corrected chi connectivity index (χ2v) is 8.80. The minimum atomic E-state index is -0.402. The van der Waals surface area contributed by atoms with E-state index in [1.807, 2.05) is 34.6 Å². The first-order chi connectivity index (χ1) is 14.5. The molecule has 0 aliphatic heterocycles. The molecule has 2 N–H and O–H groups in total. The first-order valence-corrected chi connectivity index (χ1v) is 10.1. The molecule has 9 nitrogen and oxygen atoms in total. The summed E-state index contributed by atoms with van der Waals surface area (Å²) >= 11 is 0. The maximum Gasteiger partial charge on any atom is 0.293 e. The zero-order valence-corrected chi connectivity index (χ0v) is 18.7. The maximum absolute atomic E-state index is 13.2. The fourth-order valence-electron chi connectivity index (χ4n) is 3.35. The highest BCUT2D eigenvalue weighted by atomic mass is 16.2. The van der Waals surface area contributed by atoms with Crippen molar-refractivity contribution < 1.29 is 9.59 Å². The third kappa shape index (κ3) is 4.82. The quantitative estimate of drug-likeness (QED) is 0.654. The number of nitrogens with zero attached hydrogens (tertiary/aromatic N) is 4. The standard InChI is InChI=1S/C22H28N6O3/c1-13(2)19-17-11-23-28(22(4,5)6)20(17)21(31)27(26-19)12-18(30)25-16-9-7-8-15(10-16)24-14(3)29/h7-11,13H,12H2,1-6H3,(H,24,29)(H,25,30). The Bertz CT molecular complexity index is 1200. The molecule has 0 saturated heterocycles. The van der Waals surface area contributed by atoms with Gasteiger partial charge in [-0.1, -0.05) is 19.9 Å². The number of hydrogen-bond donors (Lipinski definition) is 2. The van der Waals surface area contributed by atoms with Gasteiger partial charge in [0.05, 0.1) is 17.4 Å². The van der Waals surface area contributed by atoms with Gasteiger partial charge in [0.15, 0.2) is 0 Å². The van der Waals surface area contributed by atoms with Crippen LogP contribution < -0.4 is 16.2 Å². The molecule has 1 aromatic carbocycles. The Balaban J connectivity index is 1.96. The number of carbonyl (C=O) groups is 2. The van der Waals surface area contributed by atoms with Crippen molar-refractivity contribution in [2.75, 3.05) is 10.6 Å². The van der Waals surface area contributed by atoms with Gasteiger partial charge in [0.25, 0.3) is 5.56 Å². The van der Waals surface area contributed by atoms with Gasteiger partial charge >= 0.3 is 0 Å². The fraction of sp³-hybridized carbons (Fsp3) is 0.409. The summed E-state index contributed by atoms with van der Waals surface area (Å²) < 4.78 is 2.87. The zero-order chi connectivity index (χ0) is 22.9. The van der Waals surface area contributed by atoms with Crippen molar-refractivity contribution in [1.29, 1.82) is 0 Å². The van der Waals surface area contributed by atoms with Crippen LogP contribution in [0, 0.1) is 0 Å². The van der Waals surface area contributed by atoms with Crippen LogP contribution in [-0.4, -0.2) is 31.4 Å². The summed E-state index contributed by atoms with van der Waals surface area (Å²) in [6, 6.07) is 6.79. The van der Waals surface area contributed by atoms with E-state index in [0.29, 0.717) is 28.0 Å². The Morgan fingerprint density at radius 2 is 1.77 bits per heavy atom. The molecule has 2 aromatic heterocycles. The highest BCUT2D eigenvalue weighted by Crippen LogP contribution is 2.24. The summed E-state index contributed by atoms with van der Waals surface area (Å²) in [5.41, 5.74) is 1.46. The van der Waals surface area contributed by atoms with Crippen LogP contribution in [0.3, 0.4) is 0 Å². The predicted molar refractivity (Wildman–Crippen MR) is 120 cm³/mol. The van der Waals surface area contributed by atoms with E-state index in [-0.39, 0.29) is 23.9 Å². The van der Waals surface area contributed by atoms with Gasteiger partial charge in [-0.3, -0.25) is 19.1 Å². The van der Waals surface area contributed by atoms with Crippen molar-refractivity contribution in [3.05, 3.63) is 46.5 Å². The summed E-state index contributed by atoms with van der Waals surface area (Å²) in [6.45, 7) is 11.0. The topological polar surface area (TPSA) is 111 Å². The lowest BCUT2D eigenvalue weighted by Crippen LogP contribution is -2.34. The second-order valence-electron chi connectivity index (χ2n) is 8.80. The van der Waals surface area contributed by atoms with Crippen LogP contribution in [0.5, 0.6) is 0 Å². The summed E-state index contributed by atoms with van der Waals surface area (Å²) in [6.07, 6.45) is 1.67. The molecule has 164 valence electrons. The Hall–Kier alpha value is -3.49. The van der Waals surface area contributed by atoms with Crippen LogP contribution in [0.15, 0.2) is 35.3 Å². The summed E-state index contributed by atoms with van der Waals surface area (Å²) in [5, 5.41) is 15.0. The van der Waals surface area contributed by atoms with Gasteiger partial charge in [-0.05, 0) is 44.9 Å². The molecule has 0 fully saturated rings. The second kappa shape index (κ2) is 8.33. The highest BCUT2D eigenvalue weighted by Gasteiger charge is 2.24. The van der Waals surface area contributed by atoms with Crippen molar-refractivity contribution >= 4 is 34.1 Å². The van der Waals surface area contributed by atoms with E-state index in [1.54, 1.807) is 35.1 Å². The monoisotopic (exact) mass is 424 g/mol. The Labute approximate surface area is 180 Å². The van der Waals surface area contributed by atoms with Crippen molar-refractivity contribution in [3.63, 3.8) is 0 Å². The lowest BCUT2D eigenvalue weighted by atomic mass is 10.1. The number of anilines is 2. The van der Waals surface area contributed by atoms with Gasteiger partial charge in [-0.2, -0.15) is 10.2 Å². The first-order valence-electron chi connectivity index (χ1n) is 10.1. The maximum atomic E-state index is 13.2. The van der Waals surface area contributed by atoms with Gasteiger partial charge in [0.1, 0.15) is 12.1 Å². The van der Waals surface area contributed by atoms with Crippen LogP contribution in [0.2, 0.25) is 0 Å². The van der Waals surface area contributed by atoms with Crippen LogP contribution in [0.1, 0.15) is 53.2 Å². The summed E-state index contributed by atoms with van der Waals surface area (Å²) in [4.78, 5) is 37.1. The van der Waals surface area contributed by atoms with Crippen LogP contribution in [-0.2, 0) is 21.7 Å². The fourth-order valence-corrected chi connectivity index (χ4v) is 3.35. The van der Waals surface area contributed by atoms with E-state index in [4.69, 9.17) is 0 Å². The smallest absolute Gasteiger partial charge is 0.293 e. The van der Waals surface area contributed by atoms with Gasteiger partial charge in [-0.25, -0.2) is 4.68 Å². The van der Waals surface area contributed by atoms with E-state index in [2.05, 4.69) is 20.8 Å². The lowest BCUT2D eigenvalue weighted by molar-refractivity contribution is -0.117. The van der Waals surface area contributed by atoms with Crippen LogP contribution >= 0.6 is 0 Å². The number of hydrogen-bond acceptors (Lipinski definition) is 5. The van der Waals surface area contributed by atoms with Crippen LogP contribution in [0.4, 0.5) is 11.4 Å². The third-order valence-corrected chi connectivity index (χ3v) is 4.65. The zero-order valence-electron chi connectivity index (χ0n) is 18.7. The van der Waals surface area contributed by atoms with Gasteiger partial charge in [-0.15, -0.1) is 0 Å². The van der Waals surface area contributed by atoms with Crippen LogP contribution in [0.25, 0.3) is 10.9 Å². The molecule has 0 bridgehead atoms. The minimum absolute atomic E-state index is 0.0457. The van der Waals surface area contributed by atoms with E-state index in [0.717, 1.165) is 0 Å². The molecule has 0 unspecified atom stereocenters. The molecule has 3 rings (SSSR count). The number of carbonyl (C=O) groups excluding carboxylic acids is 2. The van der Waals surface area contributed by atoms with Gasteiger partial charge in [0, 0.05) is 23.7 Å². The van der Waals surface area contributed by atoms with E-state index in [9.17, 15) is 14.4 Å². The normalized spacial score (nSPS) is 11.7. The molecule has 3 aromatic rings. The molecule has 2 heterocycles. The van der Waals surface area contributed by atoms with Crippen molar-refractivity contribution in [3.8, 4) is 0 Å². The number of amides is 2. The van der Waals surface area contributed by atoms with Crippen molar-refractivity contribution in [1.82, 2.24) is 19.6 Å². The Morgan fingerprint density at radius 3 is 2.35 bits per heavy atom. The molecule has 0 saturated carbocycles. The molecule has 31 heavy (non-hydrogen) atoms. The number of fused-ring (bicyclic) bond motifs is 1. The molecule has 0 atom stereocenters. The molecular weight excluding hydrogens is 396 g/mol. The van der Waals surface area contributed by atoms with Gasteiger partial charge in [0.2, 0.25) is 11.8 Å².